The highest BCUT2D eigenvalue weighted by molar-refractivity contribution is 9.11. The number of rotatable bonds is 3. The van der Waals surface area contributed by atoms with Crippen LogP contribution in [0.5, 0.6) is 0 Å². The van der Waals surface area contributed by atoms with Gasteiger partial charge in [0, 0.05) is 26.7 Å². The van der Waals surface area contributed by atoms with E-state index < -0.39 is 0 Å². The van der Waals surface area contributed by atoms with E-state index in [1.807, 2.05) is 24.3 Å². The number of hydrogen-bond donors (Lipinski definition) is 1. The maximum atomic E-state index is 5.00. The molecular formula is C11H9Br2NO. The normalized spacial score (nSPS) is 10.3. The summed E-state index contributed by atoms with van der Waals surface area (Å²) in [7, 11) is 0. The highest BCUT2D eigenvalue weighted by atomic mass is 79.9. The Morgan fingerprint density at radius 2 is 2.07 bits per heavy atom. The topological polar surface area (TPSA) is 25.2 Å². The maximum Gasteiger partial charge on any atom is 0.0952 e. The lowest BCUT2D eigenvalue weighted by molar-refractivity contribution is 0.564. The molecule has 1 heterocycles. The van der Waals surface area contributed by atoms with E-state index in [0.717, 1.165) is 26.7 Å². The third kappa shape index (κ3) is 2.86. The van der Waals surface area contributed by atoms with Crippen LogP contribution in [0, 0.1) is 0 Å². The zero-order chi connectivity index (χ0) is 10.7. The summed E-state index contributed by atoms with van der Waals surface area (Å²) < 4.78 is 7.10. The minimum Gasteiger partial charge on any atom is -0.472 e. The van der Waals surface area contributed by atoms with Gasteiger partial charge in [0.2, 0.25) is 0 Å². The highest BCUT2D eigenvalue weighted by Crippen LogP contribution is 2.26. The lowest BCUT2D eigenvalue weighted by atomic mass is 10.3. The number of anilines is 1. The Labute approximate surface area is 105 Å². The van der Waals surface area contributed by atoms with Gasteiger partial charge >= 0.3 is 0 Å². The van der Waals surface area contributed by atoms with Gasteiger partial charge in [0.1, 0.15) is 0 Å². The van der Waals surface area contributed by atoms with Crippen molar-refractivity contribution in [3.63, 3.8) is 0 Å². The van der Waals surface area contributed by atoms with Gasteiger partial charge in [-0.3, -0.25) is 0 Å². The van der Waals surface area contributed by atoms with E-state index >= 15 is 0 Å². The van der Waals surface area contributed by atoms with Gasteiger partial charge in [-0.2, -0.15) is 0 Å². The Kier molecular flexibility index (Phi) is 3.49. The molecule has 1 N–H and O–H groups in total. The number of benzene rings is 1. The van der Waals surface area contributed by atoms with Crippen molar-refractivity contribution in [2.45, 2.75) is 6.54 Å². The second kappa shape index (κ2) is 4.86. The van der Waals surface area contributed by atoms with Gasteiger partial charge in [0.25, 0.3) is 0 Å². The van der Waals surface area contributed by atoms with Crippen LogP contribution in [-0.2, 0) is 6.54 Å². The third-order valence-electron chi connectivity index (χ3n) is 1.99. The van der Waals surface area contributed by atoms with Crippen LogP contribution >= 0.6 is 31.9 Å². The van der Waals surface area contributed by atoms with Crippen LogP contribution < -0.4 is 5.32 Å². The smallest absolute Gasteiger partial charge is 0.0952 e. The van der Waals surface area contributed by atoms with E-state index in [4.69, 9.17) is 4.42 Å². The quantitative estimate of drug-likeness (QED) is 0.901. The fourth-order valence-corrected chi connectivity index (χ4v) is 1.97. The summed E-state index contributed by atoms with van der Waals surface area (Å²) in [6, 6.07) is 7.97. The van der Waals surface area contributed by atoms with Gasteiger partial charge in [-0.1, -0.05) is 15.9 Å². The number of hydrogen-bond acceptors (Lipinski definition) is 2. The minimum atomic E-state index is 0.756. The molecule has 1 aromatic carbocycles. The molecule has 1 aromatic heterocycles. The van der Waals surface area contributed by atoms with Crippen molar-refractivity contribution >= 4 is 37.5 Å². The van der Waals surface area contributed by atoms with E-state index in [1.165, 1.54) is 0 Å². The molecule has 0 spiro atoms. The van der Waals surface area contributed by atoms with Crippen LogP contribution in [0.15, 0.2) is 50.2 Å². The second-order valence-electron chi connectivity index (χ2n) is 3.11. The third-order valence-corrected chi connectivity index (χ3v) is 3.18. The van der Waals surface area contributed by atoms with Gasteiger partial charge in [-0.15, -0.1) is 0 Å². The average molecular weight is 331 g/mol. The molecular weight excluding hydrogens is 322 g/mol. The van der Waals surface area contributed by atoms with Gasteiger partial charge in [-0.25, -0.2) is 0 Å². The zero-order valence-electron chi connectivity index (χ0n) is 7.84. The van der Waals surface area contributed by atoms with E-state index in [0.29, 0.717) is 0 Å². The fourth-order valence-electron chi connectivity index (χ4n) is 1.22. The summed E-state index contributed by atoms with van der Waals surface area (Å²) in [5, 5.41) is 3.32. The molecule has 0 saturated heterocycles. The molecule has 0 aliphatic heterocycles. The van der Waals surface area contributed by atoms with Crippen molar-refractivity contribution in [3.8, 4) is 0 Å². The molecule has 0 saturated carbocycles. The second-order valence-corrected chi connectivity index (χ2v) is 4.88. The number of furan rings is 1. The summed E-state index contributed by atoms with van der Waals surface area (Å²) in [4.78, 5) is 0. The van der Waals surface area contributed by atoms with Crippen molar-refractivity contribution in [3.05, 3.63) is 51.3 Å². The van der Waals surface area contributed by atoms with Gasteiger partial charge in [0.05, 0.1) is 12.5 Å². The van der Waals surface area contributed by atoms with Crippen molar-refractivity contribution in [2.24, 2.45) is 0 Å². The fraction of sp³-hybridized carbons (Fsp3) is 0.0909. The molecule has 0 aliphatic rings. The van der Waals surface area contributed by atoms with Crippen molar-refractivity contribution < 1.29 is 4.42 Å². The van der Waals surface area contributed by atoms with Gasteiger partial charge < -0.3 is 9.73 Å². The van der Waals surface area contributed by atoms with Crippen LogP contribution in [0.1, 0.15) is 5.56 Å². The SMILES string of the molecule is Brc1ccc(Br)c(NCc2ccoc2)c1. The number of halogens is 2. The van der Waals surface area contributed by atoms with Crippen LogP contribution in [0.3, 0.4) is 0 Å². The largest absolute Gasteiger partial charge is 0.472 e. The summed E-state index contributed by atoms with van der Waals surface area (Å²) >= 11 is 6.92. The molecule has 4 heteroatoms. The molecule has 0 fully saturated rings. The Balaban J connectivity index is 2.07. The zero-order valence-corrected chi connectivity index (χ0v) is 11.0. The first-order chi connectivity index (χ1) is 7.25. The molecule has 0 amide bonds. The van der Waals surface area contributed by atoms with Crippen molar-refractivity contribution in [1.29, 1.82) is 0 Å². The Bertz CT molecular complexity index is 440. The lowest BCUT2D eigenvalue weighted by Gasteiger charge is -2.07. The summed E-state index contributed by atoms with van der Waals surface area (Å²) in [6.45, 7) is 0.756. The highest BCUT2D eigenvalue weighted by Gasteiger charge is 2.00. The summed E-state index contributed by atoms with van der Waals surface area (Å²) in [6.07, 6.45) is 3.41. The summed E-state index contributed by atoms with van der Waals surface area (Å²) in [5.41, 5.74) is 2.19. The summed E-state index contributed by atoms with van der Waals surface area (Å²) in [5.74, 6) is 0. The molecule has 0 unspecified atom stereocenters. The van der Waals surface area contributed by atoms with Crippen LogP contribution in [0.25, 0.3) is 0 Å². The average Bonchev–Trinajstić information content (AvgIpc) is 2.72. The van der Waals surface area contributed by atoms with E-state index in [1.54, 1.807) is 12.5 Å². The lowest BCUT2D eigenvalue weighted by Crippen LogP contribution is -1.98. The van der Waals surface area contributed by atoms with E-state index in [-0.39, 0.29) is 0 Å². The van der Waals surface area contributed by atoms with E-state index in [2.05, 4.69) is 37.2 Å². The van der Waals surface area contributed by atoms with Gasteiger partial charge in [-0.05, 0) is 40.2 Å². The van der Waals surface area contributed by atoms with E-state index in [9.17, 15) is 0 Å². The molecule has 0 bridgehead atoms. The molecule has 78 valence electrons. The first-order valence-electron chi connectivity index (χ1n) is 4.46. The molecule has 2 nitrogen and oxygen atoms in total. The molecule has 0 atom stereocenters. The molecule has 2 aromatic rings. The first-order valence-corrected chi connectivity index (χ1v) is 6.04. The monoisotopic (exact) mass is 329 g/mol. The van der Waals surface area contributed by atoms with Crippen LogP contribution in [-0.4, -0.2) is 0 Å². The van der Waals surface area contributed by atoms with Crippen molar-refractivity contribution in [1.82, 2.24) is 0 Å². The Morgan fingerprint density at radius 3 is 2.80 bits per heavy atom. The predicted octanol–water partition coefficient (Wildman–Crippen LogP) is 4.42. The number of nitrogens with one attached hydrogen (secondary N) is 1. The Hall–Kier alpha value is -0.740. The predicted molar refractivity (Wildman–Crippen MR) is 67.9 cm³/mol. The first kappa shape index (κ1) is 10.8. The van der Waals surface area contributed by atoms with Crippen LogP contribution in [0.4, 0.5) is 5.69 Å². The standard InChI is InChI=1S/C11H9Br2NO/c12-9-1-2-10(13)11(5-9)14-6-8-3-4-15-7-8/h1-5,7,14H,6H2. The van der Waals surface area contributed by atoms with Crippen LogP contribution in [0.2, 0.25) is 0 Å². The molecule has 2 rings (SSSR count). The van der Waals surface area contributed by atoms with Gasteiger partial charge in [0.15, 0.2) is 0 Å². The molecule has 15 heavy (non-hydrogen) atoms. The molecule has 0 aliphatic carbocycles. The molecule has 0 radical (unpaired) electrons. The minimum absolute atomic E-state index is 0.756. The van der Waals surface area contributed by atoms with Crippen molar-refractivity contribution in [2.75, 3.05) is 5.32 Å². The maximum absolute atomic E-state index is 5.00. The Morgan fingerprint density at radius 1 is 1.20 bits per heavy atom.